The largest absolute Gasteiger partial charge is 0.460 e. The Morgan fingerprint density at radius 3 is 2.68 bits per heavy atom. The Morgan fingerprint density at radius 1 is 1.29 bits per heavy atom. The summed E-state index contributed by atoms with van der Waals surface area (Å²) in [5, 5.41) is 3.85. The van der Waals surface area contributed by atoms with Gasteiger partial charge in [0.1, 0.15) is 5.60 Å². The summed E-state index contributed by atoms with van der Waals surface area (Å²) in [5.41, 5.74) is -0.576. The molecule has 0 spiro atoms. The Kier molecular flexibility index (Phi) is 8.86. The van der Waals surface area contributed by atoms with Gasteiger partial charge in [-0.1, -0.05) is 50.1 Å². The van der Waals surface area contributed by atoms with Gasteiger partial charge < -0.3 is 13.8 Å². The Balaban J connectivity index is 1.62. The molecule has 2 heterocycles. The van der Waals surface area contributed by atoms with Crippen molar-refractivity contribution in [3.63, 3.8) is 0 Å². The Morgan fingerprint density at radius 2 is 2.03 bits per heavy atom. The molecule has 0 radical (unpaired) electrons. The molecule has 0 amide bonds. The minimum atomic E-state index is -3.79. The topological polar surface area (TPSA) is 129 Å². The molecule has 1 aliphatic carbocycles. The molecule has 0 bridgehead atoms. The van der Waals surface area contributed by atoms with Crippen molar-refractivity contribution in [2.45, 2.75) is 102 Å². The Labute approximate surface area is 201 Å². The van der Waals surface area contributed by atoms with Crippen LogP contribution in [0.1, 0.15) is 96.2 Å². The summed E-state index contributed by atoms with van der Waals surface area (Å²) in [6, 6.07) is 0. The van der Waals surface area contributed by atoms with Gasteiger partial charge in [-0.15, -0.1) is 0 Å². The summed E-state index contributed by atoms with van der Waals surface area (Å²) < 4.78 is 39.7. The summed E-state index contributed by atoms with van der Waals surface area (Å²) in [5.74, 6) is 0.700. The summed E-state index contributed by atoms with van der Waals surface area (Å²) in [6.07, 6.45) is 12.3. The zero-order valence-corrected chi connectivity index (χ0v) is 21.4. The predicted octanol–water partition coefficient (Wildman–Crippen LogP) is 3.85. The lowest BCUT2D eigenvalue weighted by molar-refractivity contribution is -0.155. The standard InChI is InChI=1S/C23H37N5O5S/c1-23(2,3)32-21(29)13-18(12-8-11-17-9-6-5-7-10-17)22-26-19(27-33-22)14-25-34(30,31)20-15-28(4)16-24-20/h15-18,25H,5-14H2,1-4H3/t18-/m1/s1. The first-order valence-electron chi connectivity index (χ1n) is 12.0. The highest BCUT2D eigenvalue weighted by Gasteiger charge is 2.27. The quantitative estimate of drug-likeness (QED) is 0.465. The number of rotatable bonds is 11. The molecule has 190 valence electrons. The van der Waals surface area contributed by atoms with E-state index in [0.29, 0.717) is 5.89 Å². The molecule has 0 aromatic carbocycles. The molecule has 1 N–H and O–H groups in total. The third kappa shape index (κ3) is 8.19. The average molecular weight is 496 g/mol. The van der Waals surface area contributed by atoms with Crippen molar-refractivity contribution in [1.82, 2.24) is 24.4 Å². The van der Waals surface area contributed by atoms with Crippen LogP contribution in [0, 0.1) is 5.92 Å². The molecule has 3 rings (SSSR count). The third-order valence-electron chi connectivity index (χ3n) is 5.93. The first-order valence-corrected chi connectivity index (χ1v) is 13.5. The van der Waals surface area contributed by atoms with Crippen molar-refractivity contribution < 1.29 is 22.5 Å². The van der Waals surface area contributed by atoms with Crippen LogP contribution >= 0.6 is 0 Å². The third-order valence-corrected chi connectivity index (χ3v) is 7.22. The van der Waals surface area contributed by atoms with E-state index in [2.05, 4.69) is 19.8 Å². The van der Waals surface area contributed by atoms with Crippen LogP contribution in [0.3, 0.4) is 0 Å². The number of nitrogens with zero attached hydrogens (tertiary/aromatic N) is 4. The number of ether oxygens (including phenoxy) is 1. The zero-order valence-electron chi connectivity index (χ0n) is 20.6. The fourth-order valence-electron chi connectivity index (χ4n) is 4.29. The number of hydrogen-bond donors (Lipinski definition) is 1. The molecule has 10 nitrogen and oxygen atoms in total. The minimum absolute atomic E-state index is 0.0794. The van der Waals surface area contributed by atoms with Crippen LogP contribution in [-0.4, -0.2) is 39.7 Å². The van der Waals surface area contributed by atoms with E-state index in [9.17, 15) is 13.2 Å². The van der Waals surface area contributed by atoms with Gasteiger partial charge >= 0.3 is 5.97 Å². The molecule has 11 heteroatoms. The molecular formula is C23H37N5O5S. The molecule has 1 saturated carbocycles. The van der Waals surface area contributed by atoms with Crippen molar-refractivity contribution in [2.75, 3.05) is 0 Å². The Bertz CT molecular complexity index is 1030. The molecule has 1 aliphatic rings. The summed E-state index contributed by atoms with van der Waals surface area (Å²) in [4.78, 5) is 20.8. The van der Waals surface area contributed by atoms with E-state index in [1.165, 1.54) is 44.6 Å². The van der Waals surface area contributed by atoms with Crippen LogP contribution in [-0.2, 0) is 33.1 Å². The van der Waals surface area contributed by atoms with Crippen molar-refractivity contribution >= 4 is 16.0 Å². The zero-order chi connectivity index (χ0) is 24.8. The molecule has 2 aromatic rings. The van der Waals surface area contributed by atoms with Crippen LogP contribution in [0.2, 0.25) is 0 Å². The Hall–Kier alpha value is -2.27. The first-order chi connectivity index (χ1) is 16.0. The van der Waals surface area contributed by atoms with Gasteiger partial charge in [-0.05, 0) is 33.1 Å². The van der Waals surface area contributed by atoms with Crippen molar-refractivity contribution in [3.05, 3.63) is 24.2 Å². The maximum atomic E-state index is 12.5. The lowest BCUT2D eigenvalue weighted by Crippen LogP contribution is -2.25. The van der Waals surface area contributed by atoms with Gasteiger partial charge in [-0.3, -0.25) is 4.79 Å². The number of sulfonamides is 1. The SMILES string of the molecule is Cn1cnc(S(=O)(=O)NCc2noc([C@H](CCCC3CCCCC3)CC(=O)OC(C)(C)C)n2)c1. The average Bonchev–Trinajstić information content (AvgIpc) is 3.41. The van der Waals surface area contributed by atoms with Gasteiger partial charge in [-0.25, -0.2) is 18.1 Å². The smallest absolute Gasteiger partial charge is 0.307 e. The van der Waals surface area contributed by atoms with Crippen LogP contribution < -0.4 is 4.72 Å². The van der Waals surface area contributed by atoms with E-state index < -0.39 is 15.6 Å². The molecule has 34 heavy (non-hydrogen) atoms. The fraction of sp³-hybridized carbons (Fsp3) is 0.739. The number of aryl methyl sites for hydroxylation is 1. The van der Waals surface area contributed by atoms with Crippen molar-refractivity contribution in [1.29, 1.82) is 0 Å². The maximum absolute atomic E-state index is 12.5. The number of esters is 1. The summed E-state index contributed by atoms with van der Waals surface area (Å²) in [7, 11) is -2.10. The van der Waals surface area contributed by atoms with E-state index in [1.54, 1.807) is 11.6 Å². The highest BCUT2D eigenvalue weighted by atomic mass is 32.2. The predicted molar refractivity (Wildman–Crippen MR) is 125 cm³/mol. The number of imidazole rings is 1. The highest BCUT2D eigenvalue weighted by molar-refractivity contribution is 7.89. The second kappa shape index (κ2) is 11.4. The van der Waals surface area contributed by atoms with Gasteiger partial charge in [0.25, 0.3) is 10.0 Å². The molecule has 1 atom stereocenters. The minimum Gasteiger partial charge on any atom is -0.460 e. The van der Waals surface area contributed by atoms with Crippen molar-refractivity contribution in [3.8, 4) is 0 Å². The van der Waals surface area contributed by atoms with Gasteiger partial charge in [0.15, 0.2) is 10.9 Å². The lowest BCUT2D eigenvalue weighted by Gasteiger charge is -2.23. The number of carbonyl (C=O) groups is 1. The van der Waals surface area contributed by atoms with Crippen LogP contribution in [0.15, 0.2) is 22.1 Å². The first kappa shape index (κ1) is 26.3. The molecule has 2 aromatic heterocycles. The molecular weight excluding hydrogens is 458 g/mol. The number of nitrogens with one attached hydrogen (secondary N) is 1. The van der Waals surface area contributed by atoms with Gasteiger partial charge in [0.2, 0.25) is 5.89 Å². The van der Waals surface area contributed by atoms with Crippen LogP contribution in [0.4, 0.5) is 0 Å². The van der Waals surface area contributed by atoms with Gasteiger partial charge in [-0.2, -0.15) is 4.98 Å². The van der Waals surface area contributed by atoms with Gasteiger partial charge in [0, 0.05) is 19.2 Å². The van der Waals surface area contributed by atoms with E-state index >= 15 is 0 Å². The summed E-state index contributed by atoms with van der Waals surface area (Å²) >= 11 is 0. The highest BCUT2D eigenvalue weighted by Crippen LogP contribution is 2.31. The summed E-state index contributed by atoms with van der Waals surface area (Å²) in [6.45, 7) is 5.37. The number of aromatic nitrogens is 4. The normalized spacial score (nSPS) is 16.5. The monoisotopic (exact) mass is 495 g/mol. The number of carbonyl (C=O) groups excluding carboxylic acids is 1. The lowest BCUT2D eigenvalue weighted by atomic mass is 9.84. The van der Waals surface area contributed by atoms with Crippen LogP contribution in [0.5, 0.6) is 0 Å². The fourth-order valence-corrected chi connectivity index (χ4v) is 5.25. The van der Waals surface area contributed by atoms with E-state index in [-0.39, 0.29) is 35.7 Å². The number of hydrogen-bond acceptors (Lipinski definition) is 8. The molecule has 1 fully saturated rings. The second-order valence-corrected chi connectivity index (χ2v) is 11.9. The maximum Gasteiger partial charge on any atom is 0.307 e. The van der Waals surface area contributed by atoms with E-state index in [0.717, 1.165) is 25.2 Å². The molecule has 0 unspecified atom stereocenters. The van der Waals surface area contributed by atoms with Crippen molar-refractivity contribution in [2.24, 2.45) is 13.0 Å². The molecule has 0 aliphatic heterocycles. The van der Waals surface area contributed by atoms with E-state index in [1.807, 2.05) is 20.8 Å². The van der Waals surface area contributed by atoms with E-state index in [4.69, 9.17) is 9.26 Å². The second-order valence-electron chi connectivity index (χ2n) is 10.2. The van der Waals surface area contributed by atoms with Gasteiger partial charge in [0.05, 0.1) is 19.3 Å². The molecule has 0 saturated heterocycles. The van der Waals surface area contributed by atoms with Crippen LogP contribution in [0.25, 0.3) is 0 Å².